The van der Waals surface area contributed by atoms with E-state index < -0.39 is 5.67 Å². The lowest BCUT2D eigenvalue weighted by Crippen LogP contribution is -2.42. The van der Waals surface area contributed by atoms with Crippen molar-refractivity contribution < 1.29 is 4.39 Å². The Morgan fingerprint density at radius 2 is 1.94 bits per heavy atom. The van der Waals surface area contributed by atoms with Crippen molar-refractivity contribution in [1.82, 2.24) is 5.32 Å². The second kappa shape index (κ2) is 10.2. The van der Waals surface area contributed by atoms with Gasteiger partial charge in [0.25, 0.3) is 0 Å². The molecule has 0 radical (unpaired) electrons. The summed E-state index contributed by atoms with van der Waals surface area (Å²) >= 11 is 0. The fourth-order valence-electron chi connectivity index (χ4n) is 5.81. The minimum atomic E-state index is -1.23. The van der Waals surface area contributed by atoms with Crippen LogP contribution in [0.15, 0.2) is 55.7 Å². The van der Waals surface area contributed by atoms with Gasteiger partial charge in [0.2, 0.25) is 0 Å². The number of allylic oxidation sites excluding steroid dienone is 3. The molecule has 1 aromatic carbocycles. The Bertz CT molecular complexity index is 792. The molecule has 170 valence electrons. The van der Waals surface area contributed by atoms with Crippen molar-refractivity contribution >= 4 is 5.69 Å². The molecule has 0 amide bonds. The molecule has 3 N–H and O–H groups in total. The van der Waals surface area contributed by atoms with Gasteiger partial charge in [0.15, 0.2) is 0 Å². The predicted molar refractivity (Wildman–Crippen MR) is 132 cm³/mol. The van der Waals surface area contributed by atoms with Crippen molar-refractivity contribution in [2.45, 2.75) is 82.8 Å². The summed E-state index contributed by atoms with van der Waals surface area (Å²) in [7, 11) is 0. The van der Waals surface area contributed by atoms with Crippen LogP contribution >= 0.6 is 0 Å². The molecule has 0 aliphatic heterocycles. The Balaban J connectivity index is 1.72. The van der Waals surface area contributed by atoms with Crippen molar-refractivity contribution in [3.63, 3.8) is 0 Å². The normalized spacial score (nSPS) is 27.3. The van der Waals surface area contributed by atoms with Gasteiger partial charge in [-0.25, -0.2) is 4.39 Å². The maximum Gasteiger partial charge on any atom is 0.129 e. The van der Waals surface area contributed by atoms with Crippen molar-refractivity contribution in [1.29, 1.82) is 0 Å². The number of nitrogens with one attached hydrogen (secondary N) is 1. The SMILES string of the molecule is C=CC(C)c1cc(CNCC2(C3CCC(F)(C=C)CCC3=C)CCCCC2)ccc1N. The molecule has 0 aromatic heterocycles. The van der Waals surface area contributed by atoms with E-state index in [2.05, 4.69) is 44.1 Å². The van der Waals surface area contributed by atoms with Crippen LogP contribution in [0.1, 0.15) is 81.8 Å². The van der Waals surface area contributed by atoms with Crippen LogP contribution in [0.25, 0.3) is 0 Å². The first-order valence-electron chi connectivity index (χ1n) is 12.0. The van der Waals surface area contributed by atoms with Crippen LogP contribution in [0.3, 0.4) is 0 Å². The smallest absolute Gasteiger partial charge is 0.129 e. The molecular formula is C28H41FN2. The largest absolute Gasteiger partial charge is 0.398 e. The Morgan fingerprint density at radius 3 is 2.61 bits per heavy atom. The number of nitrogen functional groups attached to an aromatic ring is 1. The molecular weight excluding hydrogens is 383 g/mol. The number of alkyl halides is 1. The minimum Gasteiger partial charge on any atom is -0.398 e. The molecule has 0 bridgehead atoms. The van der Waals surface area contributed by atoms with Crippen molar-refractivity contribution in [3.05, 3.63) is 66.8 Å². The molecule has 3 heteroatoms. The lowest BCUT2D eigenvalue weighted by Gasteiger charge is -2.45. The van der Waals surface area contributed by atoms with Gasteiger partial charge in [0, 0.05) is 24.7 Å². The number of nitrogens with two attached hydrogens (primary N) is 1. The highest BCUT2D eigenvalue weighted by Gasteiger charge is 2.43. The Labute approximate surface area is 188 Å². The van der Waals surface area contributed by atoms with E-state index in [0.717, 1.165) is 37.2 Å². The third-order valence-electron chi connectivity index (χ3n) is 7.96. The van der Waals surface area contributed by atoms with Crippen LogP contribution < -0.4 is 11.1 Å². The van der Waals surface area contributed by atoms with Crippen LogP contribution in [0.4, 0.5) is 10.1 Å². The number of hydrogen-bond acceptors (Lipinski definition) is 2. The molecule has 2 saturated carbocycles. The molecule has 2 aliphatic rings. The monoisotopic (exact) mass is 424 g/mol. The molecule has 1 aromatic rings. The first-order valence-corrected chi connectivity index (χ1v) is 12.0. The van der Waals surface area contributed by atoms with E-state index in [1.807, 2.05) is 12.1 Å². The Morgan fingerprint density at radius 1 is 1.19 bits per heavy atom. The van der Waals surface area contributed by atoms with Crippen LogP contribution in [0.2, 0.25) is 0 Å². The molecule has 2 fully saturated rings. The maximum absolute atomic E-state index is 15.0. The molecule has 3 atom stereocenters. The molecule has 3 unspecified atom stereocenters. The van der Waals surface area contributed by atoms with Crippen molar-refractivity contribution in [2.24, 2.45) is 11.3 Å². The van der Waals surface area contributed by atoms with E-state index in [9.17, 15) is 0 Å². The predicted octanol–water partition coefficient (Wildman–Crippen LogP) is 7.24. The van der Waals surface area contributed by atoms with Gasteiger partial charge in [-0.05, 0) is 67.1 Å². The average molecular weight is 425 g/mol. The highest BCUT2D eigenvalue weighted by Crippen LogP contribution is 2.50. The van der Waals surface area contributed by atoms with Crippen molar-refractivity contribution in [3.8, 4) is 0 Å². The van der Waals surface area contributed by atoms with Gasteiger partial charge in [-0.1, -0.05) is 69.2 Å². The standard InChI is InChI=1S/C28H41FN2/c1-5-21(3)24-18-23(10-11-26(24)30)19-31-20-27(14-8-7-9-15-27)25-13-17-28(29,6-2)16-12-22(25)4/h5-6,10-11,18,21,25,31H,1-2,4,7-9,12-17,19-20,30H2,3H3. The van der Waals surface area contributed by atoms with Crippen LogP contribution in [0, 0.1) is 11.3 Å². The fraction of sp³-hybridized carbons (Fsp3) is 0.571. The quantitative estimate of drug-likeness (QED) is 0.262. The third kappa shape index (κ3) is 5.49. The van der Waals surface area contributed by atoms with E-state index in [4.69, 9.17) is 5.73 Å². The zero-order valence-electron chi connectivity index (χ0n) is 19.4. The Kier molecular flexibility index (Phi) is 7.80. The summed E-state index contributed by atoms with van der Waals surface area (Å²) in [6.45, 7) is 16.0. The van der Waals surface area contributed by atoms with E-state index in [1.165, 1.54) is 49.3 Å². The van der Waals surface area contributed by atoms with E-state index in [1.54, 1.807) is 0 Å². The van der Waals surface area contributed by atoms with Gasteiger partial charge >= 0.3 is 0 Å². The molecule has 3 rings (SSSR count). The summed E-state index contributed by atoms with van der Waals surface area (Å²) in [4.78, 5) is 0. The zero-order chi connectivity index (χ0) is 22.5. The highest BCUT2D eigenvalue weighted by molar-refractivity contribution is 5.51. The summed E-state index contributed by atoms with van der Waals surface area (Å²) in [5, 5.41) is 3.77. The average Bonchev–Trinajstić information content (AvgIpc) is 2.94. The summed E-state index contributed by atoms with van der Waals surface area (Å²) in [6.07, 6.45) is 12.5. The van der Waals surface area contributed by atoms with Gasteiger partial charge < -0.3 is 11.1 Å². The first kappa shape index (κ1) is 23.8. The van der Waals surface area contributed by atoms with Crippen LogP contribution in [0.5, 0.6) is 0 Å². The second-order valence-electron chi connectivity index (χ2n) is 10.0. The topological polar surface area (TPSA) is 38.0 Å². The number of rotatable bonds is 8. The number of benzene rings is 1. The van der Waals surface area contributed by atoms with E-state index >= 15 is 4.39 Å². The van der Waals surface area contributed by atoms with Crippen molar-refractivity contribution in [2.75, 3.05) is 12.3 Å². The summed E-state index contributed by atoms with van der Waals surface area (Å²) in [5.74, 6) is 0.630. The van der Waals surface area contributed by atoms with E-state index in [-0.39, 0.29) is 11.3 Å². The molecule has 2 nitrogen and oxygen atoms in total. The first-order chi connectivity index (χ1) is 14.8. The molecule has 31 heavy (non-hydrogen) atoms. The third-order valence-corrected chi connectivity index (χ3v) is 7.96. The van der Waals surface area contributed by atoms with Gasteiger partial charge in [0.05, 0.1) is 0 Å². The number of anilines is 1. The Hall–Kier alpha value is -1.87. The van der Waals surface area contributed by atoms with Gasteiger partial charge in [0.1, 0.15) is 5.67 Å². The van der Waals surface area contributed by atoms with Gasteiger partial charge in [-0.3, -0.25) is 0 Å². The molecule has 2 aliphatic carbocycles. The number of halogens is 1. The van der Waals surface area contributed by atoms with Crippen LogP contribution in [-0.4, -0.2) is 12.2 Å². The van der Waals surface area contributed by atoms with Gasteiger partial charge in [-0.15, -0.1) is 6.58 Å². The maximum atomic E-state index is 15.0. The van der Waals surface area contributed by atoms with Crippen LogP contribution in [-0.2, 0) is 6.54 Å². The summed E-state index contributed by atoms with van der Waals surface area (Å²) < 4.78 is 15.0. The fourth-order valence-corrected chi connectivity index (χ4v) is 5.81. The molecule has 0 saturated heterocycles. The second-order valence-corrected chi connectivity index (χ2v) is 10.0. The minimum absolute atomic E-state index is 0.187. The molecule has 0 spiro atoms. The molecule has 0 heterocycles. The summed E-state index contributed by atoms with van der Waals surface area (Å²) in [5.41, 5.74) is 9.60. The summed E-state index contributed by atoms with van der Waals surface area (Å²) in [6, 6.07) is 6.32. The highest BCUT2D eigenvalue weighted by atomic mass is 19.1. The van der Waals surface area contributed by atoms with Gasteiger partial charge in [-0.2, -0.15) is 0 Å². The lowest BCUT2D eigenvalue weighted by atomic mass is 9.62. The number of hydrogen-bond donors (Lipinski definition) is 2. The zero-order valence-corrected chi connectivity index (χ0v) is 19.4. The van der Waals surface area contributed by atoms with E-state index in [0.29, 0.717) is 18.8 Å². The lowest BCUT2D eigenvalue weighted by molar-refractivity contribution is 0.101.